The smallest absolute Gasteiger partial charge is 0.254 e. The van der Waals surface area contributed by atoms with Gasteiger partial charge in [0.25, 0.3) is 11.7 Å². The first-order chi connectivity index (χ1) is 15.5. The first-order valence-electron chi connectivity index (χ1n) is 11.7. The fourth-order valence-corrected chi connectivity index (χ4v) is 5.04. The van der Waals surface area contributed by atoms with Gasteiger partial charge in [0.2, 0.25) is 5.91 Å². The van der Waals surface area contributed by atoms with Gasteiger partial charge in [0.1, 0.15) is 0 Å². The van der Waals surface area contributed by atoms with Crippen molar-refractivity contribution in [2.75, 3.05) is 18.4 Å². The van der Waals surface area contributed by atoms with Gasteiger partial charge in [-0.15, -0.1) is 0 Å². The van der Waals surface area contributed by atoms with Gasteiger partial charge >= 0.3 is 0 Å². The number of amides is 2. The summed E-state index contributed by atoms with van der Waals surface area (Å²) in [6, 6.07) is 13.3. The lowest BCUT2D eigenvalue weighted by Gasteiger charge is -2.31. The largest absolute Gasteiger partial charge is 0.448 e. The molecule has 1 N–H and O–H groups in total. The van der Waals surface area contributed by atoms with E-state index in [0.717, 1.165) is 48.2 Å². The van der Waals surface area contributed by atoms with E-state index >= 15 is 0 Å². The Morgan fingerprint density at radius 3 is 2.44 bits per heavy atom. The van der Waals surface area contributed by atoms with Crippen LogP contribution in [0.25, 0.3) is 0 Å². The minimum Gasteiger partial charge on any atom is -0.448 e. The molecular formula is C26H30N2O4. The highest BCUT2D eigenvalue weighted by atomic mass is 16.7. The second-order valence-electron chi connectivity index (χ2n) is 9.21. The fraction of sp³-hybridized carbons (Fsp3) is 0.462. The zero-order valence-corrected chi connectivity index (χ0v) is 18.6. The number of nitrogens with zero attached hydrogens (tertiary/aromatic N) is 1. The average molecular weight is 435 g/mol. The quantitative estimate of drug-likeness (QED) is 0.745. The number of carbonyl (C=O) groups excluding carboxylic acids is 2. The molecule has 2 aromatic carbocycles. The van der Waals surface area contributed by atoms with Crippen LogP contribution in [-0.4, -0.2) is 35.6 Å². The maximum absolute atomic E-state index is 12.9. The SMILES string of the molecule is Cc1ccccc1C(=O)N1CCC(C(=O)Nc2ccc3c(c2)OC2(CCCCC2)O3)CC1. The Hall–Kier alpha value is -3.02. The summed E-state index contributed by atoms with van der Waals surface area (Å²) in [5.74, 6) is 0.899. The number of rotatable bonds is 3. The van der Waals surface area contributed by atoms with Gasteiger partial charge in [-0.05, 0) is 56.4 Å². The van der Waals surface area contributed by atoms with Gasteiger partial charge in [-0.2, -0.15) is 0 Å². The van der Waals surface area contributed by atoms with E-state index in [4.69, 9.17) is 9.47 Å². The molecule has 1 saturated heterocycles. The van der Waals surface area contributed by atoms with E-state index < -0.39 is 5.79 Å². The molecule has 168 valence electrons. The molecule has 1 saturated carbocycles. The number of anilines is 1. The molecule has 2 aromatic rings. The predicted octanol–water partition coefficient (Wildman–Crippen LogP) is 4.92. The molecule has 0 radical (unpaired) electrons. The van der Waals surface area contributed by atoms with Crippen LogP contribution in [0.4, 0.5) is 5.69 Å². The van der Waals surface area contributed by atoms with Gasteiger partial charge in [-0.25, -0.2) is 0 Å². The molecule has 1 spiro atoms. The third-order valence-corrected chi connectivity index (χ3v) is 6.95. The molecule has 0 unspecified atom stereocenters. The molecule has 2 heterocycles. The molecule has 32 heavy (non-hydrogen) atoms. The standard InChI is InChI=1S/C26H30N2O4/c1-18-7-3-4-8-21(18)25(30)28-15-11-19(12-16-28)24(29)27-20-9-10-22-23(17-20)32-26(31-22)13-5-2-6-14-26/h3-4,7-10,17,19H,2,5-6,11-16H2,1H3,(H,27,29). The van der Waals surface area contributed by atoms with E-state index in [-0.39, 0.29) is 17.7 Å². The van der Waals surface area contributed by atoms with Crippen LogP contribution in [0.3, 0.4) is 0 Å². The Morgan fingerprint density at radius 2 is 1.69 bits per heavy atom. The Kier molecular flexibility index (Phi) is 5.53. The first-order valence-corrected chi connectivity index (χ1v) is 11.7. The molecule has 0 atom stereocenters. The molecule has 1 aliphatic carbocycles. The third kappa shape index (κ3) is 4.06. The average Bonchev–Trinajstić information content (AvgIpc) is 3.16. The zero-order valence-electron chi connectivity index (χ0n) is 18.6. The number of carbonyl (C=O) groups is 2. The lowest BCUT2D eigenvalue weighted by atomic mass is 9.94. The summed E-state index contributed by atoms with van der Waals surface area (Å²) in [4.78, 5) is 27.6. The van der Waals surface area contributed by atoms with Crippen molar-refractivity contribution < 1.29 is 19.1 Å². The lowest BCUT2D eigenvalue weighted by Crippen LogP contribution is -2.41. The molecule has 2 amide bonds. The number of benzene rings is 2. The molecule has 6 nitrogen and oxygen atoms in total. The minimum absolute atomic E-state index is 0.000708. The van der Waals surface area contributed by atoms with Crippen molar-refractivity contribution in [2.45, 2.75) is 57.7 Å². The Balaban J connectivity index is 1.17. The second kappa shape index (κ2) is 8.49. The van der Waals surface area contributed by atoms with Crippen molar-refractivity contribution in [1.82, 2.24) is 4.90 Å². The second-order valence-corrected chi connectivity index (χ2v) is 9.21. The van der Waals surface area contributed by atoms with Crippen LogP contribution in [0.1, 0.15) is 60.9 Å². The van der Waals surface area contributed by atoms with Gasteiger partial charge in [0.15, 0.2) is 11.5 Å². The summed E-state index contributed by atoms with van der Waals surface area (Å²) in [5, 5.41) is 3.04. The monoisotopic (exact) mass is 434 g/mol. The van der Waals surface area contributed by atoms with Gasteiger partial charge < -0.3 is 19.7 Å². The summed E-state index contributed by atoms with van der Waals surface area (Å²) in [5.41, 5.74) is 2.45. The molecule has 0 bridgehead atoms. The number of nitrogens with one attached hydrogen (secondary N) is 1. The van der Waals surface area contributed by atoms with Gasteiger partial charge in [0, 0.05) is 49.2 Å². The van der Waals surface area contributed by atoms with E-state index in [2.05, 4.69) is 5.32 Å². The summed E-state index contributed by atoms with van der Waals surface area (Å²) in [6.07, 6.45) is 6.59. The number of ether oxygens (including phenoxy) is 2. The van der Waals surface area contributed by atoms with E-state index in [1.165, 1.54) is 6.42 Å². The van der Waals surface area contributed by atoms with Crippen LogP contribution in [-0.2, 0) is 4.79 Å². The van der Waals surface area contributed by atoms with E-state index in [1.54, 1.807) is 0 Å². The number of hydrogen-bond donors (Lipinski definition) is 1. The molecular weight excluding hydrogens is 404 g/mol. The van der Waals surface area contributed by atoms with Crippen molar-refractivity contribution >= 4 is 17.5 Å². The third-order valence-electron chi connectivity index (χ3n) is 6.95. The number of likely N-dealkylation sites (tertiary alicyclic amines) is 1. The summed E-state index contributed by atoms with van der Waals surface area (Å²) >= 11 is 0. The maximum Gasteiger partial charge on any atom is 0.254 e. The van der Waals surface area contributed by atoms with Gasteiger partial charge in [-0.3, -0.25) is 9.59 Å². The molecule has 3 aliphatic rings. The van der Waals surface area contributed by atoms with Crippen molar-refractivity contribution in [3.05, 3.63) is 53.6 Å². The topological polar surface area (TPSA) is 67.9 Å². The van der Waals surface area contributed by atoms with Crippen LogP contribution >= 0.6 is 0 Å². The summed E-state index contributed by atoms with van der Waals surface area (Å²) in [6.45, 7) is 3.14. The molecule has 5 rings (SSSR count). The van der Waals surface area contributed by atoms with Crippen LogP contribution < -0.4 is 14.8 Å². The summed E-state index contributed by atoms with van der Waals surface area (Å²) < 4.78 is 12.3. The Labute approximate surface area is 188 Å². The van der Waals surface area contributed by atoms with Gasteiger partial charge in [0.05, 0.1) is 0 Å². The van der Waals surface area contributed by atoms with E-state index in [0.29, 0.717) is 31.7 Å². The van der Waals surface area contributed by atoms with Crippen LogP contribution in [0.2, 0.25) is 0 Å². The van der Waals surface area contributed by atoms with Crippen molar-refractivity contribution in [3.8, 4) is 11.5 Å². The van der Waals surface area contributed by atoms with Gasteiger partial charge in [-0.1, -0.05) is 24.6 Å². The minimum atomic E-state index is -0.514. The molecule has 2 aliphatic heterocycles. The van der Waals surface area contributed by atoms with Crippen molar-refractivity contribution in [1.29, 1.82) is 0 Å². The lowest BCUT2D eigenvalue weighted by molar-refractivity contribution is -0.121. The summed E-state index contributed by atoms with van der Waals surface area (Å²) in [7, 11) is 0. The number of hydrogen-bond acceptors (Lipinski definition) is 4. The highest BCUT2D eigenvalue weighted by Gasteiger charge is 2.42. The Morgan fingerprint density at radius 1 is 0.969 bits per heavy atom. The predicted molar refractivity (Wildman–Crippen MR) is 122 cm³/mol. The first kappa shape index (κ1) is 20.9. The Bertz CT molecular complexity index is 1020. The highest BCUT2D eigenvalue weighted by Crippen LogP contribution is 2.46. The zero-order chi connectivity index (χ0) is 22.1. The number of piperidine rings is 1. The van der Waals surface area contributed by atoms with Crippen LogP contribution in [0, 0.1) is 12.8 Å². The van der Waals surface area contributed by atoms with E-state index in [9.17, 15) is 9.59 Å². The maximum atomic E-state index is 12.9. The highest BCUT2D eigenvalue weighted by molar-refractivity contribution is 5.96. The number of fused-ring (bicyclic) bond motifs is 1. The molecule has 0 aromatic heterocycles. The normalized spacial score (nSPS) is 19.7. The van der Waals surface area contributed by atoms with Crippen molar-refractivity contribution in [2.24, 2.45) is 5.92 Å². The van der Waals surface area contributed by atoms with Crippen molar-refractivity contribution in [3.63, 3.8) is 0 Å². The fourth-order valence-electron chi connectivity index (χ4n) is 5.04. The van der Waals surface area contributed by atoms with Crippen LogP contribution in [0.15, 0.2) is 42.5 Å². The van der Waals surface area contributed by atoms with E-state index in [1.807, 2.05) is 54.3 Å². The number of aryl methyl sites for hydroxylation is 1. The molecule has 6 heteroatoms. The molecule has 2 fully saturated rings. The van der Waals surface area contributed by atoms with Crippen LogP contribution in [0.5, 0.6) is 11.5 Å².